The quantitative estimate of drug-likeness (QED) is 0.259. The Kier molecular flexibility index (Phi) is 10.4. The van der Waals surface area contributed by atoms with E-state index in [2.05, 4.69) is 32.7 Å². The van der Waals surface area contributed by atoms with Gasteiger partial charge in [0, 0.05) is 48.7 Å². The number of carbonyl (C=O) groups excluding carboxylic acids is 3. The van der Waals surface area contributed by atoms with Crippen molar-refractivity contribution in [1.29, 1.82) is 0 Å². The number of methoxy groups -OCH3 is 1. The zero-order valence-electron chi connectivity index (χ0n) is 23.9. The second-order valence-corrected chi connectivity index (χ2v) is 11.0. The SMILES string of the molecule is COc1ccc2[nH]c(C)c(CC(=O)NC(CCCCCC(C)=O)C(=O)NC3CCN(Cc4ccccc4)C3)c2c1. The Morgan fingerprint density at radius 1 is 1.10 bits per heavy atom. The molecule has 3 aromatic rings. The van der Waals surface area contributed by atoms with Gasteiger partial charge in [0.25, 0.3) is 0 Å². The van der Waals surface area contributed by atoms with Crippen LogP contribution in [0.5, 0.6) is 5.75 Å². The summed E-state index contributed by atoms with van der Waals surface area (Å²) in [5.74, 6) is 0.583. The van der Waals surface area contributed by atoms with Gasteiger partial charge in [-0.2, -0.15) is 0 Å². The fourth-order valence-corrected chi connectivity index (χ4v) is 5.53. The zero-order chi connectivity index (χ0) is 28.5. The Labute approximate surface area is 236 Å². The van der Waals surface area contributed by atoms with E-state index in [4.69, 9.17) is 4.74 Å². The Balaban J connectivity index is 1.37. The molecular formula is C32H42N4O4. The van der Waals surface area contributed by atoms with Crippen molar-refractivity contribution in [2.75, 3.05) is 20.2 Å². The molecule has 2 atom stereocenters. The average molecular weight is 547 g/mol. The number of rotatable bonds is 14. The maximum atomic E-state index is 13.4. The fourth-order valence-electron chi connectivity index (χ4n) is 5.53. The number of aryl methyl sites for hydroxylation is 1. The Bertz CT molecular complexity index is 1300. The van der Waals surface area contributed by atoms with Gasteiger partial charge in [0.1, 0.15) is 17.6 Å². The molecule has 1 aliphatic rings. The van der Waals surface area contributed by atoms with E-state index in [9.17, 15) is 14.4 Å². The summed E-state index contributed by atoms with van der Waals surface area (Å²) in [6, 6.07) is 15.5. The minimum absolute atomic E-state index is 0.0525. The lowest BCUT2D eigenvalue weighted by Gasteiger charge is -2.22. The molecule has 2 aromatic carbocycles. The molecule has 1 aliphatic heterocycles. The van der Waals surface area contributed by atoms with E-state index in [0.29, 0.717) is 12.8 Å². The predicted molar refractivity (Wildman–Crippen MR) is 157 cm³/mol. The number of unbranched alkanes of at least 4 members (excludes halogenated alkanes) is 2. The summed E-state index contributed by atoms with van der Waals surface area (Å²) in [7, 11) is 1.62. The molecular weight excluding hydrogens is 504 g/mol. The number of amides is 2. The van der Waals surface area contributed by atoms with Crippen molar-refractivity contribution in [3.05, 3.63) is 65.4 Å². The highest BCUT2D eigenvalue weighted by atomic mass is 16.5. The van der Waals surface area contributed by atoms with E-state index >= 15 is 0 Å². The van der Waals surface area contributed by atoms with E-state index in [-0.39, 0.29) is 30.1 Å². The summed E-state index contributed by atoms with van der Waals surface area (Å²) in [4.78, 5) is 43.7. The van der Waals surface area contributed by atoms with Gasteiger partial charge in [-0.25, -0.2) is 0 Å². The predicted octanol–water partition coefficient (Wildman–Crippen LogP) is 4.44. The molecule has 1 fully saturated rings. The van der Waals surface area contributed by atoms with Crippen molar-refractivity contribution in [3.63, 3.8) is 0 Å². The number of ether oxygens (including phenoxy) is 1. The minimum Gasteiger partial charge on any atom is -0.497 e. The van der Waals surface area contributed by atoms with Crippen LogP contribution in [0.2, 0.25) is 0 Å². The lowest BCUT2D eigenvalue weighted by atomic mass is 10.0. The molecule has 3 N–H and O–H groups in total. The Morgan fingerprint density at radius 2 is 1.90 bits per heavy atom. The van der Waals surface area contributed by atoms with Crippen LogP contribution in [0, 0.1) is 6.92 Å². The molecule has 4 rings (SSSR count). The van der Waals surface area contributed by atoms with E-state index in [1.807, 2.05) is 43.3 Å². The number of fused-ring (bicyclic) bond motifs is 1. The standard InChI is InChI=1S/C32H42N4O4/c1-22(37)10-6-4-9-13-30(32(39)34-25-16-17-36(21-25)20-24-11-7-5-8-12-24)35-31(38)19-27-23(2)33-29-15-14-26(40-3)18-28(27)29/h5,7-8,11-12,14-15,18,25,30,33H,4,6,9-10,13,16-17,19-21H2,1-3H3,(H,34,39)(H,35,38). The maximum absolute atomic E-state index is 13.4. The number of aromatic nitrogens is 1. The Morgan fingerprint density at radius 3 is 2.65 bits per heavy atom. The van der Waals surface area contributed by atoms with Gasteiger partial charge in [0.15, 0.2) is 0 Å². The van der Waals surface area contributed by atoms with Crippen molar-refractivity contribution >= 4 is 28.5 Å². The molecule has 0 spiro atoms. The number of hydrogen-bond acceptors (Lipinski definition) is 5. The molecule has 40 heavy (non-hydrogen) atoms. The number of hydrogen-bond donors (Lipinski definition) is 3. The minimum atomic E-state index is -0.618. The molecule has 8 nitrogen and oxygen atoms in total. The van der Waals surface area contributed by atoms with Crippen LogP contribution in [-0.2, 0) is 27.3 Å². The number of carbonyl (C=O) groups is 3. The molecule has 0 aliphatic carbocycles. The number of nitrogens with zero attached hydrogens (tertiary/aromatic N) is 1. The van der Waals surface area contributed by atoms with Crippen LogP contribution in [-0.4, -0.2) is 59.8 Å². The molecule has 2 amide bonds. The third-order valence-electron chi connectivity index (χ3n) is 7.71. The first-order valence-corrected chi connectivity index (χ1v) is 14.3. The molecule has 1 aromatic heterocycles. The summed E-state index contributed by atoms with van der Waals surface area (Å²) >= 11 is 0. The molecule has 214 valence electrons. The van der Waals surface area contributed by atoms with Crippen LogP contribution in [0.4, 0.5) is 0 Å². The number of Topliss-reactive ketones (excluding diaryl/α,β-unsaturated/α-hetero) is 1. The number of likely N-dealkylation sites (tertiary alicyclic amines) is 1. The molecule has 8 heteroatoms. The van der Waals surface area contributed by atoms with Crippen LogP contribution >= 0.6 is 0 Å². The van der Waals surface area contributed by atoms with Gasteiger partial charge in [-0.3, -0.25) is 14.5 Å². The fraction of sp³-hybridized carbons (Fsp3) is 0.469. The van der Waals surface area contributed by atoms with Crippen LogP contribution in [0.25, 0.3) is 10.9 Å². The number of ketones is 1. The van der Waals surface area contributed by atoms with Crippen molar-refractivity contribution < 1.29 is 19.1 Å². The number of aromatic amines is 1. The molecule has 1 saturated heterocycles. The third-order valence-corrected chi connectivity index (χ3v) is 7.71. The number of benzene rings is 2. The van der Waals surface area contributed by atoms with Gasteiger partial charge in [0.2, 0.25) is 11.8 Å². The summed E-state index contributed by atoms with van der Waals surface area (Å²) in [5, 5.41) is 7.17. The van der Waals surface area contributed by atoms with E-state index < -0.39 is 6.04 Å². The van der Waals surface area contributed by atoms with Crippen LogP contribution in [0.3, 0.4) is 0 Å². The molecule has 0 bridgehead atoms. The van der Waals surface area contributed by atoms with E-state index in [1.165, 1.54) is 5.56 Å². The van der Waals surface area contributed by atoms with E-state index in [1.54, 1.807) is 14.0 Å². The van der Waals surface area contributed by atoms with Crippen molar-refractivity contribution in [1.82, 2.24) is 20.5 Å². The second kappa shape index (κ2) is 14.1. The third kappa shape index (κ3) is 8.18. The largest absolute Gasteiger partial charge is 0.497 e. The number of nitrogens with one attached hydrogen (secondary N) is 3. The van der Waals surface area contributed by atoms with E-state index in [0.717, 1.165) is 73.2 Å². The first kappa shape index (κ1) is 29.3. The summed E-state index contributed by atoms with van der Waals surface area (Å²) in [6.07, 6.45) is 4.54. The smallest absolute Gasteiger partial charge is 0.242 e. The summed E-state index contributed by atoms with van der Waals surface area (Å²) in [5.41, 5.74) is 4.03. The highest BCUT2D eigenvalue weighted by molar-refractivity contribution is 5.93. The average Bonchev–Trinajstić information content (AvgIpc) is 3.50. The molecule has 2 heterocycles. The van der Waals surface area contributed by atoms with Crippen LogP contribution in [0.1, 0.15) is 62.3 Å². The molecule has 0 radical (unpaired) electrons. The lowest BCUT2D eigenvalue weighted by Crippen LogP contribution is -2.50. The van der Waals surface area contributed by atoms with Gasteiger partial charge >= 0.3 is 0 Å². The number of H-pyrrole nitrogens is 1. The Hall–Kier alpha value is -3.65. The summed E-state index contributed by atoms with van der Waals surface area (Å²) < 4.78 is 5.38. The highest BCUT2D eigenvalue weighted by Crippen LogP contribution is 2.27. The van der Waals surface area contributed by atoms with Crippen LogP contribution < -0.4 is 15.4 Å². The van der Waals surface area contributed by atoms with Crippen molar-refractivity contribution in [2.45, 2.75) is 77.4 Å². The normalized spacial score (nSPS) is 16.1. The topological polar surface area (TPSA) is 104 Å². The van der Waals surface area contributed by atoms with Crippen molar-refractivity contribution in [3.8, 4) is 5.75 Å². The summed E-state index contributed by atoms with van der Waals surface area (Å²) in [6.45, 7) is 6.12. The van der Waals surface area contributed by atoms with Crippen molar-refractivity contribution in [2.24, 2.45) is 0 Å². The lowest BCUT2D eigenvalue weighted by molar-refractivity contribution is -0.129. The molecule has 0 saturated carbocycles. The van der Waals surface area contributed by atoms with Gasteiger partial charge < -0.3 is 25.1 Å². The van der Waals surface area contributed by atoms with Gasteiger partial charge in [-0.05, 0) is 62.4 Å². The van der Waals surface area contributed by atoms with Gasteiger partial charge in [-0.1, -0.05) is 43.2 Å². The van der Waals surface area contributed by atoms with Crippen LogP contribution in [0.15, 0.2) is 48.5 Å². The second-order valence-electron chi connectivity index (χ2n) is 11.0. The first-order chi connectivity index (χ1) is 19.3. The van der Waals surface area contributed by atoms with Gasteiger partial charge in [-0.15, -0.1) is 0 Å². The first-order valence-electron chi connectivity index (χ1n) is 14.3. The monoisotopic (exact) mass is 546 g/mol. The molecule has 2 unspecified atom stereocenters. The maximum Gasteiger partial charge on any atom is 0.242 e. The highest BCUT2D eigenvalue weighted by Gasteiger charge is 2.28. The van der Waals surface area contributed by atoms with Gasteiger partial charge in [0.05, 0.1) is 13.5 Å². The zero-order valence-corrected chi connectivity index (χ0v) is 23.9.